The molecule has 0 unspecified atom stereocenters. The predicted octanol–water partition coefficient (Wildman–Crippen LogP) is 2.51. The van der Waals surface area contributed by atoms with Crippen LogP contribution in [0.5, 0.6) is 0 Å². The quantitative estimate of drug-likeness (QED) is 0.792. The van der Waals surface area contributed by atoms with Crippen LogP contribution in [0.1, 0.15) is 22.3 Å². The van der Waals surface area contributed by atoms with Crippen molar-refractivity contribution in [2.75, 3.05) is 32.6 Å². The van der Waals surface area contributed by atoms with Gasteiger partial charge in [-0.25, -0.2) is 0 Å². The first-order valence-corrected chi connectivity index (χ1v) is 6.06. The third-order valence-electron chi connectivity index (χ3n) is 2.67. The molecule has 0 fully saturated rings. The molecule has 0 bridgehead atoms. The molecule has 1 aromatic carbocycles. The van der Waals surface area contributed by atoms with Gasteiger partial charge in [-0.3, -0.25) is 4.79 Å². The molecule has 0 spiro atoms. The van der Waals surface area contributed by atoms with Crippen LogP contribution in [-0.2, 0) is 10.9 Å². The minimum absolute atomic E-state index is 0.0197. The first-order chi connectivity index (χ1) is 9.40. The monoisotopic (exact) mass is 290 g/mol. The van der Waals surface area contributed by atoms with Crippen molar-refractivity contribution in [1.29, 1.82) is 0 Å². The lowest BCUT2D eigenvalue weighted by Gasteiger charge is -2.14. The van der Waals surface area contributed by atoms with Gasteiger partial charge in [0, 0.05) is 38.6 Å². The summed E-state index contributed by atoms with van der Waals surface area (Å²) in [5, 5.41) is 5.00. The smallest absolute Gasteiger partial charge is 0.388 e. The van der Waals surface area contributed by atoms with Gasteiger partial charge in [-0.15, -0.1) is 0 Å². The molecule has 1 aromatic rings. The van der Waals surface area contributed by atoms with Crippen molar-refractivity contribution in [3.05, 3.63) is 29.3 Å². The molecule has 1 amide bonds. The Morgan fingerprint density at radius 3 is 2.60 bits per heavy atom. The second kappa shape index (κ2) is 7.14. The molecule has 0 aliphatic carbocycles. The Morgan fingerprint density at radius 1 is 1.35 bits per heavy atom. The van der Waals surface area contributed by atoms with E-state index in [9.17, 15) is 18.0 Å². The Morgan fingerprint density at radius 2 is 2.05 bits per heavy atom. The lowest BCUT2D eigenvalue weighted by Crippen LogP contribution is -2.25. The van der Waals surface area contributed by atoms with Crippen molar-refractivity contribution in [3.8, 4) is 0 Å². The molecule has 0 saturated heterocycles. The van der Waals surface area contributed by atoms with E-state index in [1.54, 1.807) is 0 Å². The number of ether oxygens (including phenoxy) is 1. The van der Waals surface area contributed by atoms with E-state index in [4.69, 9.17) is 4.74 Å². The molecule has 112 valence electrons. The predicted molar refractivity (Wildman–Crippen MR) is 69.8 cm³/mol. The fourth-order valence-corrected chi connectivity index (χ4v) is 1.66. The molecule has 0 aliphatic heterocycles. The van der Waals surface area contributed by atoms with Crippen molar-refractivity contribution in [1.82, 2.24) is 5.32 Å². The number of alkyl halides is 3. The average Bonchev–Trinajstić information content (AvgIpc) is 2.41. The van der Waals surface area contributed by atoms with Crippen LogP contribution in [0.4, 0.5) is 18.9 Å². The van der Waals surface area contributed by atoms with Gasteiger partial charge in [0.1, 0.15) is 0 Å². The summed E-state index contributed by atoms with van der Waals surface area (Å²) in [5.41, 5.74) is -0.938. The van der Waals surface area contributed by atoms with Crippen molar-refractivity contribution < 1.29 is 22.7 Å². The van der Waals surface area contributed by atoms with E-state index in [0.29, 0.717) is 19.6 Å². The highest BCUT2D eigenvalue weighted by molar-refractivity contribution is 5.94. The zero-order chi connectivity index (χ0) is 15.2. The number of carbonyl (C=O) groups excluding carboxylic acids is 1. The minimum atomic E-state index is -4.51. The van der Waals surface area contributed by atoms with Gasteiger partial charge >= 0.3 is 6.18 Å². The Bertz CT molecular complexity index is 461. The maximum Gasteiger partial charge on any atom is 0.418 e. The van der Waals surface area contributed by atoms with Crippen molar-refractivity contribution >= 4 is 11.6 Å². The topological polar surface area (TPSA) is 50.4 Å². The Balaban J connectivity index is 2.83. The first kappa shape index (κ1) is 16.3. The summed E-state index contributed by atoms with van der Waals surface area (Å²) < 4.78 is 43.3. The van der Waals surface area contributed by atoms with E-state index in [0.717, 1.165) is 6.07 Å². The second-order valence-electron chi connectivity index (χ2n) is 4.11. The van der Waals surface area contributed by atoms with Crippen molar-refractivity contribution in [3.63, 3.8) is 0 Å². The minimum Gasteiger partial charge on any atom is -0.388 e. The first-order valence-electron chi connectivity index (χ1n) is 6.06. The molecule has 0 saturated carbocycles. The number of amides is 1. The van der Waals surface area contributed by atoms with Gasteiger partial charge in [-0.2, -0.15) is 13.2 Å². The van der Waals surface area contributed by atoms with Crippen LogP contribution in [0.25, 0.3) is 0 Å². The molecule has 2 N–H and O–H groups in total. The van der Waals surface area contributed by atoms with Crippen LogP contribution in [0.2, 0.25) is 0 Å². The number of hydrogen-bond acceptors (Lipinski definition) is 3. The summed E-state index contributed by atoms with van der Waals surface area (Å²) in [4.78, 5) is 11.7. The number of methoxy groups -OCH3 is 1. The van der Waals surface area contributed by atoms with Gasteiger partial charge < -0.3 is 15.4 Å². The molecule has 4 nitrogen and oxygen atoms in total. The van der Waals surface area contributed by atoms with Crippen LogP contribution in [0.3, 0.4) is 0 Å². The molecular formula is C13H17F3N2O2. The van der Waals surface area contributed by atoms with Gasteiger partial charge in [0.05, 0.1) is 5.56 Å². The summed E-state index contributed by atoms with van der Waals surface area (Å²) in [6.45, 7) is 0.828. The standard InChI is InChI=1S/C13H17F3N2O2/c1-17-11-5-4-9(8-10(11)13(14,15)16)12(19)18-6-3-7-20-2/h4-5,8,17H,3,6-7H2,1-2H3,(H,18,19). The van der Waals surface area contributed by atoms with Crippen LogP contribution in [-0.4, -0.2) is 33.2 Å². The SMILES string of the molecule is CNc1ccc(C(=O)NCCCOC)cc1C(F)(F)F. The molecule has 20 heavy (non-hydrogen) atoms. The van der Waals surface area contributed by atoms with Crippen LogP contribution in [0, 0.1) is 0 Å². The average molecular weight is 290 g/mol. The third kappa shape index (κ3) is 4.41. The lowest BCUT2D eigenvalue weighted by atomic mass is 10.1. The maximum absolute atomic E-state index is 12.8. The van der Waals surface area contributed by atoms with Gasteiger partial charge in [0.2, 0.25) is 0 Å². The number of halogens is 3. The van der Waals surface area contributed by atoms with Gasteiger partial charge in [0.25, 0.3) is 5.91 Å². The highest BCUT2D eigenvalue weighted by Gasteiger charge is 2.34. The van der Waals surface area contributed by atoms with Gasteiger partial charge in [-0.1, -0.05) is 0 Å². The van der Waals surface area contributed by atoms with E-state index in [-0.39, 0.29) is 11.3 Å². The normalized spacial score (nSPS) is 11.2. The van der Waals surface area contributed by atoms with Crippen LogP contribution < -0.4 is 10.6 Å². The van der Waals surface area contributed by atoms with Crippen molar-refractivity contribution in [2.24, 2.45) is 0 Å². The number of benzene rings is 1. The number of anilines is 1. The van der Waals surface area contributed by atoms with Crippen LogP contribution >= 0.6 is 0 Å². The zero-order valence-corrected chi connectivity index (χ0v) is 11.3. The molecule has 0 aromatic heterocycles. The summed E-state index contributed by atoms with van der Waals surface area (Å²) >= 11 is 0. The molecule has 0 aliphatic rings. The summed E-state index contributed by atoms with van der Waals surface area (Å²) in [5.74, 6) is -0.533. The number of hydrogen-bond donors (Lipinski definition) is 2. The molecule has 1 rings (SSSR count). The van der Waals surface area contributed by atoms with Gasteiger partial charge in [0.15, 0.2) is 0 Å². The summed E-state index contributed by atoms with van der Waals surface area (Å²) in [6, 6.07) is 3.44. The Hall–Kier alpha value is -1.76. The highest BCUT2D eigenvalue weighted by atomic mass is 19.4. The fraction of sp³-hybridized carbons (Fsp3) is 0.462. The maximum atomic E-state index is 12.8. The van der Waals surface area contributed by atoms with Crippen molar-refractivity contribution in [2.45, 2.75) is 12.6 Å². The van der Waals surface area contributed by atoms with E-state index in [1.165, 1.54) is 26.3 Å². The number of nitrogens with one attached hydrogen (secondary N) is 2. The molecular weight excluding hydrogens is 273 g/mol. The Labute approximate surface area is 115 Å². The van der Waals surface area contributed by atoms with E-state index >= 15 is 0 Å². The Kier molecular flexibility index (Phi) is 5.82. The van der Waals surface area contributed by atoms with Crippen LogP contribution in [0.15, 0.2) is 18.2 Å². The van der Waals surface area contributed by atoms with E-state index in [2.05, 4.69) is 10.6 Å². The lowest BCUT2D eigenvalue weighted by molar-refractivity contribution is -0.136. The molecule has 7 heteroatoms. The highest BCUT2D eigenvalue weighted by Crippen LogP contribution is 2.35. The zero-order valence-electron chi connectivity index (χ0n) is 11.3. The summed E-state index contributed by atoms with van der Waals surface area (Å²) in [7, 11) is 2.93. The number of carbonyl (C=O) groups is 1. The van der Waals surface area contributed by atoms with Gasteiger partial charge in [-0.05, 0) is 24.6 Å². The second-order valence-corrected chi connectivity index (χ2v) is 4.11. The fourth-order valence-electron chi connectivity index (χ4n) is 1.66. The molecule has 0 atom stereocenters. The molecule has 0 radical (unpaired) electrons. The summed E-state index contributed by atoms with van der Waals surface area (Å²) in [6.07, 6.45) is -3.91. The largest absolute Gasteiger partial charge is 0.418 e. The third-order valence-corrected chi connectivity index (χ3v) is 2.67. The molecule has 0 heterocycles. The number of rotatable bonds is 6. The van der Waals surface area contributed by atoms with E-state index in [1.807, 2.05) is 0 Å². The van der Waals surface area contributed by atoms with E-state index < -0.39 is 17.6 Å².